The standard InChI is InChI=1S/C21H12Cl2N2O4/c22-11-4-6-16(18(23)8-11)20(27)24-12-2-1-3-13(9-12)29-14-5-7-15-17(10-14)21(28)25-19(15)26/h1-10H,(H,24,27)(H,25,26,28). The van der Waals surface area contributed by atoms with Gasteiger partial charge in [0.25, 0.3) is 17.7 Å². The van der Waals surface area contributed by atoms with Crippen LogP contribution in [0.4, 0.5) is 5.69 Å². The first-order chi connectivity index (χ1) is 13.9. The molecule has 144 valence electrons. The maximum absolute atomic E-state index is 12.5. The molecule has 0 unspecified atom stereocenters. The predicted octanol–water partition coefficient (Wildman–Crippen LogP) is 4.92. The van der Waals surface area contributed by atoms with Gasteiger partial charge in [0.15, 0.2) is 0 Å². The van der Waals surface area contributed by atoms with Gasteiger partial charge in [-0.25, -0.2) is 0 Å². The number of nitrogens with one attached hydrogen (secondary N) is 2. The van der Waals surface area contributed by atoms with Crippen LogP contribution in [0.2, 0.25) is 10.0 Å². The maximum Gasteiger partial charge on any atom is 0.259 e. The molecule has 0 saturated carbocycles. The topological polar surface area (TPSA) is 84.5 Å². The number of amides is 3. The molecule has 0 aliphatic carbocycles. The van der Waals surface area contributed by atoms with Crippen LogP contribution in [0.25, 0.3) is 0 Å². The van der Waals surface area contributed by atoms with Crippen molar-refractivity contribution in [2.75, 3.05) is 5.32 Å². The fourth-order valence-corrected chi connectivity index (χ4v) is 3.35. The smallest absolute Gasteiger partial charge is 0.259 e. The fourth-order valence-electron chi connectivity index (χ4n) is 2.86. The number of carbonyl (C=O) groups excluding carboxylic acids is 3. The molecular formula is C21H12Cl2N2O4. The zero-order chi connectivity index (χ0) is 20.5. The molecule has 0 bridgehead atoms. The molecule has 4 rings (SSSR count). The number of carbonyl (C=O) groups is 3. The highest BCUT2D eigenvalue weighted by Gasteiger charge is 2.27. The molecule has 0 fully saturated rings. The molecule has 6 nitrogen and oxygen atoms in total. The van der Waals surface area contributed by atoms with E-state index in [1.165, 1.54) is 24.3 Å². The molecule has 1 heterocycles. The summed E-state index contributed by atoms with van der Waals surface area (Å²) >= 11 is 11.9. The molecule has 3 aromatic carbocycles. The summed E-state index contributed by atoms with van der Waals surface area (Å²) in [6, 6.07) is 16.0. The van der Waals surface area contributed by atoms with Crippen LogP contribution in [-0.2, 0) is 0 Å². The highest BCUT2D eigenvalue weighted by Crippen LogP contribution is 2.28. The molecule has 0 atom stereocenters. The van der Waals surface area contributed by atoms with Gasteiger partial charge in [-0.05, 0) is 48.5 Å². The van der Waals surface area contributed by atoms with Gasteiger partial charge in [-0.2, -0.15) is 0 Å². The van der Waals surface area contributed by atoms with Gasteiger partial charge >= 0.3 is 0 Å². The van der Waals surface area contributed by atoms with Crippen molar-refractivity contribution in [3.05, 3.63) is 87.4 Å². The molecule has 0 saturated heterocycles. The van der Waals surface area contributed by atoms with E-state index in [9.17, 15) is 14.4 Å². The Labute approximate surface area is 175 Å². The van der Waals surface area contributed by atoms with E-state index in [4.69, 9.17) is 27.9 Å². The van der Waals surface area contributed by atoms with Crippen molar-refractivity contribution in [3.8, 4) is 11.5 Å². The Bertz CT molecular complexity index is 1180. The lowest BCUT2D eigenvalue weighted by molar-refractivity contribution is 0.0878. The van der Waals surface area contributed by atoms with E-state index < -0.39 is 17.7 Å². The van der Waals surface area contributed by atoms with Crippen molar-refractivity contribution in [2.24, 2.45) is 0 Å². The molecule has 3 aromatic rings. The molecule has 29 heavy (non-hydrogen) atoms. The van der Waals surface area contributed by atoms with Gasteiger partial charge in [0.2, 0.25) is 0 Å². The Balaban J connectivity index is 1.52. The van der Waals surface area contributed by atoms with E-state index >= 15 is 0 Å². The van der Waals surface area contributed by atoms with Gasteiger partial charge in [-0.3, -0.25) is 19.7 Å². The lowest BCUT2D eigenvalue weighted by Crippen LogP contribution is -2.19. The van der Waals surface area contributed by atoms with Crippen molar-refractivity contribution in [2.45, 2.75) is 0 Å². The number of rotatable bonds is 4. The molecule has 2 N–H and O–H groups in total. The monoisotopic (exact) mass is 426 g/mol. The SMILES string of the molecule is O=C(Nc1cccc(Oc2ccc3c(c2)C(=O)NC3=O)c1)c1ccc(Cl)cc1Cl. The summed E-state index contributed by atoms with van der Waals surface area (Å²) in [5, 5.41) is 5.65. The van der Waals surface area contributed by atoms with E-state index in [0.717, 1.165) is 0 Å². The lowest BCUT2D eigenvalue weighted by Gasteiger charge is -2.10. The molecule has 0 aromatic heterocycles. The lowest BCUT2D eigenvalue weighted by atomic mass is 10.1. The van der Waals surface area contributed by atoms with Crippen molar-refractivity contribution in [3.63, 3.8) is 0 Å². The van der Waals surface area contributed by atoms with Crippen LogP contribution in [0.15, 0.2) is 60.7 Å². The Morgan fingerprint density at radius 1 is 0.862 bits per heavy atom. The Kier molecular flexibility index (Phi) is 4.96. The van der Waals surface area contributed by atoms with Crippen LogP contribution >= 0.6 is 23.2 Å². The third-order valence-electron chi connectivity index (χ3n) is 4.21. The average Bonchev–Trinajstić information content (AvgIpc) is 2.95. The number of imide groups is 1. The number of fused-ring (bicyclic) bond motifs is 1. The average molecular weight is 427 g/mol. The maximum atomic E-state index is 12.5. The highest BCUT2D eigenvalue weighted by atomic mass is 35.5. The molecule has 3 amide bonds. The van der Waals surface area contributed by atoms with Crippen molar-refractivity contribution in [1.29, 1.82) is 0 Å². The number of benzene rings is 3. The van der Waals surface area contributed by atoms with Gasteiger partial charge in [-0.15, -0.1) is 0 Å². The van der Waals surface area contributed by atoms with Crippen LogP contribution in [0, 0.1) is 0 Å². The number of ether oxygens (including phenoxy) is 1. The normalized spacial score (nSPS) is 12.3. The molecule has 0 radical (unpaired) electrons. The summed E-state index contributed by atoms with van der Waals surface area (Å²) in [6.07, 6.45) is 0. The summed E-state index contributed by atoms with van der Waals surface area (Å²) in [5.41, 5.74) is 1.35. The van der Waals surface area contributed by atoms with E-state index in [-0.39, 0.29) is 16.1 Å². The largest absolute Gasteiger partial charge is 0.457 e. The minimum Gasteiger partial charge on any atom is -0.457 e. The summed E-state index contributed by atoms with van der Waals surface area (Å²) in [6.45, 7) is 0. The molecule has 8 heteroatoms. The van der Waals surface area contributed by atoms with Crippen LogP contribution in [0.1, 0.15) is 31.1 Å². The first kappa shape index (κ1) is 19.0. The van der Waals surface area contributed by atoms with Gasteiger partial charge in [-0.1, -0.05) is 29.3 Å². The summed E-state index contributed by atoms with van der Waals surface area (Å²) in [4.78, 5) is 35.9. The van der Waals surface area contributed by atoms with Crippen LogP contribution in [-0.4, -0.2) is 17.7 Å². The van der Waals surface area contributed by atoms with E-state index in [1.807, 2.05) is 0 Å². The Morgan fingerprint density at radius 2 is 1.62 bits per heavy atom. The van der Waals surface area contributed by atoms with Crippen molar-refractivity contribution < 1.29 is 19.1 Å². The second kappa shape index (κ2) is 7.58. The molecule has 1 aliphatic heterocycles. The van der Waals surface area contributed by atoms with Gasteiger partial charge in [0.1, 0.15) is 11.5 Å². The molecular weight excluding hydrogens is 415 g/mol. The Morgan fingerprint density at radius 3 is 2.41 bits per heavy atom. The quantitative estimate of drug-likeness (QED) is 0.579. The van der Waals surface area contributed by atoms with Crippen LogP contribution in [0.5, 0.6) is 11.5 Å². The minimum atomic E-state index is -0.462. The summed E-state index contributed by atoms with van der Waals surface area (Å²) < 4.78 is 5.77. The first-order valence-corrected chi connectivity index (χ1v) is 9.20. The van der Waals surface area contributed by atoms with Gasteiger partial charge < -0.3 is 10.1 Å². The number of hydrogen-bond acceptors (Lipinski definition) is 4. The minimum absolute atomic E-state index is 0.244. The van der Waals surface area contributed by atoms with Crippen LogP contribution < -0.4 is 15.4 Å². The van der Waals surface area contributed by atoms with E-state index in [2.05, 4.69) is 10.6 Å². The van der Waals surface area contributed by atoms with E-state index in [0.29, 0.717) is 27.8 Å². The third kappa shape index (κ3) is 3.94. The molecule has 0 spiro atoms. The zero-order valence-electron chi connectivity index (χ0n) is 14.7. The first-order valence-electron chi connectivity index (χ1n) is 8.45. The second-order valence-electron chi connectivity index (χ2n) is 6.20. The Hall–Kier alpha value is -3.35. The van der Waals surface area contributed by atoms with Crippen molar-refractivity contribution >= 4 is 46.6 Å². The van der Waals surface area contributed by atoms with Gasteiger partial charge in [0.05, 0.1) is 21.7 Å². The fraction of sp³-hybridized carbons (Fsp3) is 0. The summed E-state index contributed by atoms with van der Waals surface area (Å²) in [5.74, 6) is -0.456. The van der Waals surface area contributed by atoms with Crippen molar-refractivity contribution in [1.82, 2.24) is 5.32 Å². The summed E-state index contributed by atoms with van der Waals surface area (Å²) in [7, 11) is 0. The number of anilines is 1. The highest BCUT2D eigenvalue weighted by molar-refractivity contribution is 6.37. The second-order valence-corrected chi connectivity index (χ2v) is 7.04. The number of hydrogen-bond donors (Lipinski definition) is 2. The predicted molar refractivity (Wildman–Crippen MR) is 109 cm³/mol. The van der Waals surface area contributed by atoms with Gasteiger partial charge in [0, 0.05) is 16.8 Å². The van der Waals surface area contributed by atoms with Crippen LogP contribution in [0.3, 0.4) is 0 Å². The third-order valence-corrected chi connectivity index (χ3v) is 4.76. The zero-order valence-corrected chi connectivity index (χ0v) is 16.2. The number of halogens is 2. The van der Waals surface area contributed by atoms with E-state index in [1.54, 1.807) is 36.4 Å². The molecule has 1 aliphatic rings.